The number of anilines is 1. The standard InChI is InChI=1S/C15H22N2O3/c1-4-8-17(10-15(19)20)9-14(18)16-13-7-5-6-11(2)12(13)3/h5-7H,4,8-10H2,1-3H3,(H,16,18)(H,19,20). The van der Waals surface area contributed by atoms with Gasteiger partial charge in [0.1, 0.15) is 0 Å². The summed E-state index contributed by atoms with van der Waals surface area (Å²) in [4.78, 5) is 24.4. The van der Waals surface area contributed by atoms with Crippen molar-refractivity contribution >= 4 is 17.6 Å². The lowest BCUT2D eigenvalue weighted by molar-refractivity contribution is -0.138. The van der Waals surface area contributed by atoms with E-state index in [1.807, 2.05) is 39.0 Å². The van der Waals surface area contributed by atoms with Crippen molar-refractivity contribution in [1.82, 2.24) is 4.90 Å². The summed E-state index contributed by atoms with van der Waals surface area (Å²) in [7, 11) is 0. The highest BCUT2D eigenvalue weighted by atomic mass is 16.4. The van der Waals surface area contributed by atoms with Gasteiger partial charge < -0.3 is 10.4 Å². The van der Waals surface area contributed by atoms with E-state index in [1.165, 1.54) is 0 Å². The van der Waals surface area contributed by atoms with Gasteiger partial charge in [-0.05, 0) is 44.0 Å². The molecule has 0 bridgehead atoms. The Morgan fingerprint density at radius 1 is 1.25 bits per heavy atom. The fourth-order valence-corrected chi connectivity index (χ4v) is 2.00. The lowest BCUT2D eigenvalue weighted by Crippen LogP contribution is -2.37. The number of nitrogens with one attached hydrogen (secondary N) is 1. The number of carbonyl (C=O) groups excluding carboxylic acids is 1. The molecule has 0 aromatic heterocycles. The molecule has 1 aromatic rings. The molecule has 0 unspecified atom stereocenters. The maximum absolute atomic E-state index is 12.0. The van der Waals surface area contributed by atoms with E-state index in [2.05, 4.69) is 5.32 Å². The number of hydrogen-bond acceptors (Lipinski definition) is 3. The van der Waals surface area contributed by atoms with Gasteiger partial charge in [0.2, 0.25) is 5.91 Å². The first-order valence-electron chi connectivity index (χ1n) is 6.74. The van der Waals surface area contributed by atoms with Gasteiger partial charge in [-0.2, -0.15) is 0 Å². The van der Waals surface area contributed by atoms with Gasteiger partial charge in [-0.3, -0.25) is 14.5 Å². The highest BCUT2D eigenvalue weighted by Crippen LogP contribution is 2.17. The van der Waals surface area contributed by atoms with E-state index in [0.29, 0.717) is 6.54 Å². The quantitative estimate of drug-likeness (QED) is 0.800. The number of hydrogen-bond donors (Lipinski definition) is 2. The van der Waals surface area contributed by atoms with Gasteiger partial charge in [0, 0.05) is 5.69 Å². The minimum atomic E-state index is -0.919. The van der Waals surface area contributed by atoms with Crippen LogP contribution in [0.2, 0.25) is 0 Å². The van der Waals surface area contributed by atoms with Crippen LogP contribution in [-0.2, 0) is 9.59 Å². The summed E-state index contributed by atoms with van der Waals surface area (Å²) in [6.07, 6.45) is 0.810. The molecule has 0 atom stereocenters. The predicted octanol–water partition coefficient (Wildman–Crippen LogP) is 2.04. The molecule has 0 saturated heterocycles. The first-order chi connectivity index (χ1) is 9.43. The van der Waals surface area contributed by atoms with E-state index in [9.17, 15) is 9.59 Å². The van der Waals surface area contributed by atoms with Gasteiger partial charge in [-0.25, -0.2) is 0 Å². The Hall–Kier alpha value is -1.88. The van der Waals surface area contributed by atoms with Crippen molar-refractivity contribution in [2.24, 2.45) is 0 Å². The van der Waals surface area contributed by atoms with Crippen LogP contribution in [0.1, 0.15) is 24.5 Å². The predicted molar refractivity (Wildman–Crippen MR) is 78.9 cm³/mol. The Kier molecular flexibility index (Phi) is 6.18. The zero-order valence-electron chi connectivity index (χ0n) is 12.3. The van der Waals surface area contributed by atoms with E-state index < -0.39 is 5.97 Å². The molecule has 0 aliphatic rings. The van der Waals surface area contributed by atoms with E-state index in [-0.39, 0.29) is 19.0 Å². The van der Waals surface area contributed by atoms with E-state index >= 15 is 0 Å². The Balaban J connectivity index is 2.65. The molecule has 5 nitrogen and oxygen atoms in total. The first-order valence-corrected chi connectivity index (χ1v) is 6.74. The molecule has 5 heteroatoms. The molecular weight excluding hydrogens is 256 g/mol. The molecule has 0 radical (unpaired) electrons. The van der Waals surface area contributed by atoms with Crippen molar-refractivity contribution in [3.05, 3.63) is 29.3 Å². The Morgan fingerprint density at radius 2 is 1.95 bits per heavy atom. The lowest BCUT2D eigenvalue weighted by Gasteiger charge is -2.19. The summed E-state index contributed by atoms with van der Waals surface area (Å²) in [6, 6.07) is 5.72. The number of carbonyl (C=O) groups is 2. The van der Waals surface area contributed by atoms with Gasteiger partial charge in [0.15, 0.2) is 0 Å². The Morgan fingerprint density at radius 3 is 2.55 bits per heavy atom. The van der Waals surface area contributed by atoms with Crippen molar-refractivity contribution in [2.75, 3.05) is 25.0 Å². The van der Waals surface area contributed by atoms with Crippen LogP contribution in [-0.4, -0.2) is 41.5 Å². The molecule has 0 heterocycles. The summed E-state index contributed by atoms with van der Waals surface area (Å²) in [5, 5.41) is 11.7. The molecule has 0 aliphatic heterocycles. The van der Waals surface area contributed by atoms with Gasteiger partial charge in [-0.15, -0.1) is 0 Å². The normalized spacial score (nSPS) is 10.6. The van der Waals surface area contributed by atoms with Gasteiger partial charge >= 0.3 is 5.97 Å². The Labute approximate surface area is 119 Å². The molecule has 1 amide bonds. The second-order valence-electron chi connectivity index (χ2n) is 4.90. The zero-order chi connectivity index (χ0) is 15.1. The van der Waals surface area contributed by atoms with Crippen LogP contribution < -0.4 is 5.32 Å². The number of aryl methyl sites for hydroxylation is 1. The van der Waals surface area contributed by atoms with Gasteiger partial charge in [0.25, 0.3) is 0 Å². The third-order valence-corrected chi connectivity index (χ3v) is 3.14. The smallest absolute Gasteiger partial charge is 0.317 e. The minimum absolute atomic E-state index is 0.0908. The number of carboxylic acids is 1. The van der Waals surface area contributed by atoms with Crippen molar-refractivity contribution < 1.29 is 14.7 Å². The second kappa shape index (κ2) is 7.65. The number of benzene rings is 1. The SMILES string of the molecule is CCCN(CC(=O)O)CC(=O)Nc1cccc(C)c1C. The molecule has 0 fully saturated rings. The molecule has 1 aromatic carbocycles. The van der Waals surface area contributed by atoms with Gasteiger partial charge in [-0.1, -0.05) is 19.1 Å². The molecule has 110 valence electrons. The van der Waals surface area contributed by atoms with Crippen molar-refractivity contribution in [2.45, 2.75) is 27.2 Å². The molecule has 0 saturated carbocycles. The number of nitrogens with zero attached hydrogens (tertiary/aromatic N) is 1. The van der Waals surface area contributed by atoms with Crippen LogP contribution in [0.15, 0.2) is 18.2 Å². The second-order valence-corrected chi connectivity index (χ2v) is 4.90. The monoisotopic (exact) mass is 278 g/mol. The molecule has 1 rings (SSSR count). The number of carboxylic acid groups (broad SMARTS) is 1. The largest absolute Gasteiger partial charge is 0.480 e. The number of rotatable bonds is 7. The lowest BCUT2D eigenvalue weighted by atomic mass is 10.1. The van der Waals surface area contributed by atoms with Gasteiger partial charge in [0.05, 0.1) is 13.1 Å². The van der Waals surface area contributed by atoms with E-state index in [1.54, 1.807) is 4.90 Å². The summed E-state index contributed by atoms with van der Waals surface area (Å²) < 4.78 is 0. The topological polar surface area (TPSA) is 69.6 Å². The molecule has 20 heavy (non-hydrogen) atoms. The van der Waals surface area contributed by atoms with Crippen molar-refractivity contribution in [3.63, 3.8) is 0 Å². The van der Waals surface area contributed by atoms with E-state index in [4.69, 9.17) is 5.11 Å². The fraction of sp³-hybridized carbons (Fsp3) is 0.467. The highest BCUT2D eigenvalue weighted by Gasteiger charge is 2.14. The molecule has 0 spiro atoms. The summed E-state index contributed by atoms with van der Waals surface area (Å²) in [5.74, 6) is -1.11. The highest BCUT2D eigenvalue weighted by molar-refractivity contribution is 5.93. The fourth-order valence-electron chi connectivity index (χ4n) is 2.00. The van der Waals surface area contributed by atoms with Crippen molar-refractivity contribution in [1.29, 1.82) is 0 Å². The molecule has 2 N–H and O–H groups in total. The summed E-state index contributed by atoms with van der Waals surface area (Å²) in [5.41, 5.74) is 2.92. The van der Waals surface area contributed by atoms with Crippen LogP contribution >= 0.6 is 0 Å². The Bertz CT molecular complexity index is 486. The third kappa shape index (κ3) is 5.01. The minimum Gasteiger partial charge on any atom is -0.480 e. The summed E-state index contributed by atoms with van der Waals surface area (Å²) in [6.45, 7) is 6.45. The number of aliphatic carboxylic acids is 1. The van der Waals surface area contributed by atoms with Crippen LogP contribution in [0, 0.1) is 13.8 Å². The van der Waals surface area contributed by atoms with Crippen LogP contribution in [0.25, 0.3) is 0 Å². The average molecular weight is 278 g/mol. The van der Waals surface area contributed by atoms with Crippen LogP contribution in [0.3, 0.4) is 0 Å². The van der Waals surface area contributed by atoms with E-state index in [0.717, 1.165) is 23.2 Å². The average Bonchev–Trinajstić information content (AvgIpc) is 2.34. The first kappa shape index (κ1) is 16.2. The van der Waals surface area contributed by atoms with Crippen LogP contribution in [0.5, 0.6) is 0 Å². The molecular formula is C15H22N2O3. The zero-order valence-corrected chi connectivity index (χ0v) is 12.3. The molecule has 0 aliphatic carbocycles. The van der Waals surface area contributed by atoms with Crippen LogP contribution in [0.4, 0.5) is 5.69 Å². The number of amides is 1. The maximum atomic E-state index is 12.0. The summed E-state index contributed by atoms with van der Waals surface area (Å²) >= 11 is 0. The maximum Gasteiger partial charge on any atom is 0.317 e. The van der Waals surface area contributed by atoms with Crippen molar-refractivity contribution in [3.8, 4) is 0 Å². The third-order valence-electron chi connectivity index (χ3n) is 3.14.